The molecule has 1 aliphatic rings. The number of aromatic nitrogens is 2. The van der Waals surface area contributed by atoms with Gasteiger partial charge in [-0.1, -0.05) is 12.1 Å². The Bertz CT molecular complexity index is 856. The molecule has 0 bridgehead atoms. The number of nitrogens with zero attached hydrogens (tertiary/aromatic N) is 4. The minimum absolute atomic E-state index is 0.0119. The molecule has 2 amide bonds. The molecule has 2 aromatic rings. The summed E-state index contributed by atoms with van der Waals surface area (Å²) in [6.07, 6.45) is 4.80. The van der Waals surface area contributed by atoms with Crippen molar-refractivity contribution in [2.24, 2.45) is 5.92 Å². The van der Waals surface area contributed by atoms with E-state index in [-0.39, 0.29) is 30.2 Å². The standard InChI is InChI=1S/C22H28N4O4/c1-3-30-22(29)19-9-13-25(14-10-19)20(27)16-24(2)21(28)18-7-5-17(6-8-18)15-26-12-4-11-23-26/h4-8,11-12,19H,3,9-10,13-16H2,1-2H3. The number of hydrogen-bond acceptors (Lipinski definition) is 5. The summed E-state index contributed by atoms with van der Waals surface area (Å²) in [5, 5.41) is 4.17. The maximum absolute atomic E-state index is 12.7. The first-order valence-corrected chi connectivity index (χ1v) is 10.2. The molecule has 8 heteroatoms. The summed E-state index contributed by atoms with van der Waals surface area (Å²) in [7, 11) is 1.63. The van der Waals surface area contributed by atoms with Crippen LogP contribution in [-0.4, -0.2) is 70.7 Å². The third kappa shape index (κ3) is 5.46. The molecule has 3 rings (SSSR count). The molecule has 0 aliphatic carbocycles. The molecule has 0 radical (unpaired) electrons. The van der Waals surface area contributed by atoms with Crippen LogP contribution < -0.4 is 0 Å². The van der Waals surface area contributed by atoms with E-state index >= 15 is 0 Å². The Hall–Kier alpha value is -3.16. The Kier molecular flexibility index (Phi) is 7.21. The molecule has 8 nitrogen and oxygen atoms in total. The van der Waals surface area contributed by atoms with Gasteiger partial charge < -0.3 is 14.5 Å². The first-order valence-electron chi connectivity index (χ1n) is 10.2. The first-order chi connectivity index (χ1) is 14.5. The molecule has 0 N–H and O–H groups in total. The fraction of sp³-hybridized carbons (Fsp3) is 0.455. The second-order valence-corrected chi connectivity index (χ2v) is 7.47. The van der Waals surface area contributed by atoms with Crippen LogP contribution >= 0.6 is 0 Å². The number of likely N-dealkylation sites (tertiary alicyclic amines) is 1. The van der Waals surface area contributed by atoms with Crippen molar-refractivity contribution in [3.8, 4) is 0 Å². The zero-order chi connectivity index (χ0) is 21.5. The van der Waals surface area contributed by atoms with Crippen LogP contribution in [0, 0.1) is 5.92 Å². The van der Waals surface area contributed by atoms with Gasteiger partial charge in [-0.15, -0.1) is 0 Å². The van der Waals surface area contributed by atoms with Gasteiger partial charge in [-0.2, -0.15) is 5.10 Å². The van der Waals surface area contributed by atoms with E-state index in [4.69, 9.17) is 4.74 Å². The van der Waals surface area contributed by atoms with Crippen LogP contribution in [0.5, 0.6) is 0 Å². The van der Waals surface area contributed by atoms with Crippen molar-refractivity contribution in [3.63, 3.8) is 0 Å². The number of hydrogen-bond donors (Lipinski definition) is 0. The van der Waals surface area contributed by atoms with E-state index in [1.54, 1.807) is 37.2 Å². The van der Waals surface area contributed by atoms with Crippen molar-refractivity contribution in [1.82, 2.24) is 19.6 Å². The normalized spacial score (nSPS) is 14.4. The number of carbonyl (C=O) groups is 3. The Morgan fingerprint density at radius 1 is 1.17 bits per heavy atom. The third-order valence-corrected chi connectivity index (χ3v) is 5.29. The van der Waals surface area contributed by atoms with Gasteiger partial charge in [0.1, 0.15) is 0 Å². The Morgan fingerprint density at radius 3 is 2.47 bits per heavy atom. The van der Waals surface area contributed by atoms with Gasteiger partial charge in [0.25, 0.3) is 5.91 Å². The van der Waals surface area contributed by atoms with E-state index in [0.29, 0.717) is 44.6 Å². The SMILES string of the molecule is CCOC(=O)C1CCN(C(=O)CN(C)C(=O)c2ccc(Cn3cccn3)cc2)CC1. The van der Waals surface area contributed by atoms with Gasteiger partial charge in [-0.3, -0.25) is 19.1 Å². The molecule has 1 saturated heterocycles. The fourth-order valence-electron chi connectivity index (χ4n) is 3.55. The van der Waals surface area contributed by atoms with E-state index in [9.17, 15) is 14.4 Å². The molecule has 1 aromatic heterocycles. The number of likely N-dealkylation sites (N-methyl/N-ethyl adjacent to an activating group) is 1. The predicted molar refractivity (Wildman–Crippen MR) is 111 cm³/mol. The van der Waals surface area contributed by atoms with Gasteiger partial charge in [0, 0.05) is 38.1 Å². The summed E-state index contributed by atoms with van der Waals surface area (Å²) in [5.74, 6) is -0.639. The highest BCUT2D eigenvalue weighted by molar-refractivity contribution is 5.96. The first kappa shape index (κ1) is 21.5. The molecule has 1 aromatic carbocycles. The number of rotatable bonds is 7. The zero-order valence-corrected chi connectivity index (χ0v) is 17.5. The van der Waals surface area contributed by atoms with Gasteiger partial charge in [-0.05, 0) is 43.5 Å². The van der Waals surface area contributed by atoms with Gasteiger partial charge >= 0.3 is 5.97 Å². The largest absolute Gasteiger partial charge is 0.466 e. The molecule has 160 valence electrons. The van der Waals surface area contributed by atoms with Gasteiger partial charge in [0.15, 0.2) is 0 Å². The van der Waals surface area contributed by atoms with E-state index < -0.39 is 0 Å². The molecular formula is C22H28N4O4. The summed E-state index contributed by atoms with van der Waals surface area (Å²) in [5.41, 5.74) is 1.58. The average molecular weight is 412 g/mol. The van der Waals surface area contributed by atoms with Crippen molar-refractivity contribution in [2.45, 2.75) is 26.3 Å². The highest BCUT2D eigenvalue weighted by Gasteiger charge is 2.29. The second kappa shape index (κ2) is 10.0. The van der Waals surface area contributed by atoms with Crippen LogP contribution in [0.25, 0.3) is 0 Å². The van der Waals surface area contributed by atoms with Crippen LogP contribution in [0.1, 0.15) is 35.7 Å². The second-order valence-electron chi connectivity index (χ2n) is 7.47. The van der Waals surface area contributed by atoms with Gasteiger partial charge in [0.05, 0.1) is 25.6 Å². The topological polar surface area (TPSA) is 84.7 Å². The summed E-state index contributed by atoms with van der Waals surface area (Å²) in [4.78, 5) is 40.2. The summed E-state index contributed by atoms with van der Waals surface area (Å²) < 4.78 is 6.87. The van der Waals surface area contributed by atoms with Crippen molar-refractivity contribution < 1.29 is 19.1 Å². The number of benzene rings is 1. The lowest BCUT2D eigenvalue weighted by Crippen LogP contribution is -2.45. The Labute approximate surface area is 176 Å². The fourth-order valence-corrected chi connectivity index (χ4v) is 3.55. The average Bonchev–Trinajstić information content (AvgIpc) is 3.27. The minimum Gasteiger partial charge on any atom is -0.466 e. The predicted octanol–water partition coefficient (Wildman–Crippen LogP) is 1.81. The van der Waals surface area contributed by atoms with Crippen LogP contribution in [-0.2, 0) is 20.9 Å². The van der Waals surface area contributed by atoms with Crippen molar-refractivity contribution in [1.29, 1.82) is 0 Å². The summed E-state index contributed by atoms with van der Waals surface area (Å²) in [6.45, 7) is 3.82. The molecule has 0 unspecified atom stereocenters. The molecule has 1 fully saturated rings. The number of amides is 2. The lowest BCUT2D eigenvalue weighted by atomic mass is 9.97. The van der Waals surface area contributed by atoms with Crippen LogP contribution in [0.2, 0.25) is 0 Å². The maximum Gasteiger partial charge on any atom is 0.309 e. The zero-order valence-electron chi connectivity index (χ0n) is 17.5. The lowest BCUT2D eigenvalue weighted by molar-refractivity contribution is -0.151. The van der Waals surface area contributed by atoms with Gasteiger partial charge in [-0.25, -0.2) is 0 Å². The maximum atomic E-state index is 12.7. The molecular weight excluding hydrogens is 384 g/mol. The van der Waals surface area contributed by atoms with E-state index in [1.807, 2.05) is 29.1 Å². The number of piperidine rings is 1. The number of esters is 1. The monoisotopic (exact) mass is 412 g/mol. The highest BCUT2D eigenvalue weighted by Crippen LogP contribution is 2.19. The Balaban J connectivity index is 1.49. The molecule has 1 aliphatic heterocycles. The van der Waals surface area contributed by atoms with E-state index in [0.717, 1.165) is 5.56 Å². The van der Waals surface area contributed by atoms with Crippen molar-refractivity contribution in [2.75, 3.05) is 33.3 Å². The quantitative estimate of drug-likeness (QED) is 0.648. The van der Waals surface area contributed by atoms with Crippen LogP contribution in [0.3, 0.4) is 0 Å². The highest BCUT2D eigenvalue weighted by atomic mass is 16.5. The summed E-state index contributed by atoms with van der Waals surface area (Å²) >= 11 is 0. The van der Waals surface area contributed by atoms with Crippen LogP contribution in [0.4, 0.5) is 0 Å². The van der Waals surface area contributed by atoms with Crippen molar-refractivity contribution >= 4 is 17.8 Å². The smallest absolute Gasteiger partial charge is 0.309 e. The van der Waals surface area contributed by atoms with Gasteiger partial charge in [0.2, 0.25) is 5.91 Å². The summed E-state index contributed by atoms with van der Waals surface area (Å²) in [6, 6.07) is 9.19. The number of ether oxygens (including phenoxy) is 1. The van der Waals surface area contributed by atoms with Crippen LogP contribution in [0.15, 0.2) is 42.7 Å². The van der Waals surface area contributed by atoms with E-state index in [2.05, 4.69) is 5.10 Å². The molecule has 2 heterocycles. The number of carbonyl (C=O) groups excluding carboxylic acids is 3. The van der Waals surface area contributed by atoms with Crippen molar-refractivity contribution in [3.05, 3.63) is 53.9 Å². The molecule has 0 atom stereocenters. The third-order valence-electron chi connectivity index (χ3n) is 5.29. The molecule has 30 heavy (non-hydrogen) atoms. The van der Waals surface area contributed by atoms with E-state index in [1.165, 1.54) is 4.90 Å². The lowest BCUT2D eigenvalue weighted by Gasteiger charge is -2.32. The minimum atomic E-state index is -0.199. The molecule has 0 saturated carbocycles. The molecule has 0 spiro atoms. The Morgan fingerprint density at radius 2 is 1.87 bits per heavy atom.